The second-order valence-corrected chi connectivity index (χ2v) is 9.24. The average Bonchev–Trinajstić information content (AvgIpc) is 2.93. The van der Waals surface area contributed by atoms with Crippen LogP contribution in [-0.2, 0) is 25.6 Å². The van der Waals surface area contributed by atoms with Crippen molar-refractivity contribution in [2.24, 2.45) is 11.5 Å². The summed E-state index contributed by atoms with van der Waals surface area (Å²) < 4.78 is 0. The third kappa shape index (κ3) is 9.47. The molecule has 0 aliphatic rings. The fourth-order valence-electron chi connectivity index (χ4n) is 3.95. The number of para-hydroxylation sites is 1. The maximum absolute atomic E-state index is 13.2. The lowest BCUT2D eigenvalue weighted by Crippen LogP contribution is -2.50. The van der Waals surface area contributed by atoms with E-state index in [1.807, 2.05) is 60.7 Å². The number of rotatable bonds is 14. The van der Waals surface area contributed by atoms with Crippen molar-refractivity contribution in [2.45, 2.75) is 50.2 Å². The molecule has 0 spiro atoms. The average molecular weight is 535 g/mol. The SMILES string of the molecule is N[C@H](CC(=O)O)C(=O)NCCC[C@H](N)C(=O)N[C@H](CCc1ccccc1)C(=O)Nc1cnc2ccccc2c1. The number of amides is 3. The van der Waals surface area contributed by atoms with Gasteiger partial charge in [-0.15, -0.1) is 0 Å². The molecule has 2 aromatic carbocycles. The van der Waals surface area contributed by atoms with Crippen LogP contribution < -0.4 is 27.4 Å². The van der Waals surface area contributed by atoms with Gasteiger partial charge in [0.2, 0.25) is 17.7 Å². The standard InChI is InChI=1S/C28H34N6O5/c29-21(10-6-14-31-26(37)22(30)16-25(35)36)27(38)34-24(13-12-18-7-2-1-3-8-18)28(39)33-20-15-19-9-4-5-11-23(19)32-17-20/h1-5,7-9,11,15,17,21-22,24H,6,10,12-14,16,29-30H2,(H,31,37)(H,33,39)(H,34,38)(H,35,36)/t21-,22+,24+/m0/s1. The molecular weight excluding hydrogens is 500 g/mol. The van der Waals surface area contributed by atoms with Crippen LogP contribution in [0.4, 0.5) is 5.69 Å². The molecule has 0 saturated carbocycles. The zero-order chi connectivity index (χ0) is 28.2. The van der Waals surface area contributed by atoms with Crippen LogP contribution in [0.1, 0.15) is 31.2 Å². The lowest BCUT2D eigenvalue weighted by atomic mass is 10.0. The van der Waals surface area contributed by atoms with Crippen LogP contribution in [0.15, 0.2) is 66.9 Å². The summed E-state index contributed by atoms with van der Waals surface area (Å²) in [6.07, 6.45) is 2.61. The Morgan fingerprint density at radius 1 is 0.872 bits per heavy atom. The minimum absolute atomic E-state index is 0.181. The van der Waals surface area contributed by atoms with Crippen molar-refractivity contribution >= 4 is 40.3 Å². The molecule has 0 saturated heterocycles. The van der Waals surface area contributed by atoms with Crippen LogP contribution in [0, 0.1) is 0 Å². The number of anilines is 1. The van der Waals surface area contributed by atoms with E-state index in [1.165, 1.54) is 0 Å². The fourth-order valence-corrected chi connectivity index (χ4v) is 3.95. The minimum Gasteiger partial charge on any atom is -0.481 e. The van der Waals surface area contributed by atoms with Crippen LogP contribution in [0.25, 0.3) is 10.9 Å². The number of benzene rings is 2. The minimum atomic E-state index is -1.17. The third-order valence-corrected chi connectivity index (χ3v) is 6.11. The maximum Gasteiger partial charge on any atom is 0.305 e. The number of carbonyl (C=O) groups excluding carboxylic acids is 3. The number of aromatic nitrogens is 1. The van der Waals surface area contributed by atoms with Gasteiger partial charge in [-0.05, 0) is 43.4 Å². The molecule has 0 fully saturated rings. The lowest BCUT2D eigenvalue weighted by molar-refractivity contribution is -0.139. The van der Waals surface area contributed by atoms with Gasteiger partial charge in [-0.3, -0.25) is 24.2 Å². The highest BCUT2D eigenvalue weighted by Gasteiger charge is 2.24. The Kier molecular flexibility index (Phi) is 10.9. The summed E-state index contributed by atoms with van der Waals surface area (Å²) in [7, 11) is 0. The number of carboxylic acids is 1. The van der Waals surface area contributed by atoms with Gasteiger partial charge in [-0.25, -0.2) is 0 Å². The number of nitrogens with one attached hydrogen (secondary N) is 3. The highest BCUT2D eigenvalue weighted by Crippen LogP contribution is 2.17. The Hall–Kier alpha value is -4.35. The van der Waals surface area contributed by atoms with Gasteiger partial charge in [-0.2, -0.15) is 0 Å². The normalized spacial score (nSPS) is 13.2. The number of hydrogen-bond acceptors (Lipinski definition) is 7. The molecule has 3 atom stereocenters. The van der Waals surface area contributed by atoms with Gasteiger partial charge in [0.05, 0.1) is 35.9 Å². The van der Waals surface area contributed by atoms with Crippen molar-refractivity contribution in [3.8, 4) is 0 Å². The molecule has 3 aromatic rings. The van der Waals surface area contributed by atoms with E-state index in [9.17, 15) is 19.2 Å². The molecule has 0 bridgehead atoms. The number of carboxylic acid groups (broad SMARTS) is 1. The van der Waals surface area contributed by atoms with E-state index in [-0.39, 0.29) is 18.9 Å². The molecule has 11 heteroatoms. The summed E-state index contributed by atoms with van der Waals surface area (Å²) in [5.74, 6) is -2.63. The monoisotopic (exact) mass is 534 g/mol. The number of carbonyl (C=O) groups is 4. The van der Waals surface area contributed by atoms with Crippen LogP contribution in [0.5, 0.6) is 0 Å². The van der Waals surface area contributed by atoms with E-state index in [1.54, 1.807) is 6.20 Å². The van der Waals surface area contributed by atoms with Gasteiger partial charge in [0.1, 0.15) is 6.04 Å². The van der Waals surface area contributed by atoms with Crippen LogP contribution in [-0.4, -0.2) is 58.5 Å². The molecule has 11 nitrogen and oxygen atoms in total. The molecule has 1 heterocycles. The van der Waals surface area contributed by atoms with Crippen molar-refractivity contribution in [3.63, 3.8) is 0 Å². The smallest absolute Gasteiger partial charge is 0.305 e. The number of aliphatic carboxylic acids is 1. The number of fused-ring (bicyclic) bond motifs is 1. The van der Waals surface area contributed by atoms with Crippen molar-refractivity contribution in [2.75, 3.05) is 11.9 Å². The van der Waals surface area contributed by atoms with Gasteiger partial charge in [0.15, 0.2) is 0 Å². The van der Waals surface area contributed by atoms with Crippen LogP contribution >= 0.6 is 0 Å². The van der Waals surface area contributed by atoms with Crippen molar-refractivity contribution in [1.82, 2.24) is 15.6 Å². The van der Waals surface area contributed by atoms with Crippen molar-refractivity contribution in [3.05, 3.63) is 72.4 Å². The number of pyridine rings is 1. The Balaban J connectivity index is 1.57. The molecular formula is C28H34N6O5. The molecule has 1 aromatic heterocycles. The van der Waals surface area contributed by atoms with E-state index in [2.05, 4.69) is 20.9 Å². The topological polar surface area (TPSA) is 190 Å². The first-order valence-corrected chi connectivity index (χ1v) is 12.7. The molecule has 0 radical (unpaired) electrons. The number of hydrogen-bond donors (Lipinski definition) is 6. The first kappa shape index (κ1) is 29.2. The summed E-state index contributed by atoms with van der Waals surface area (Å²) in [6, 6.07) is 16.1. The first-order chi connectivity index (χ1) is 18.7. The van der Waals surface area contributed by atoms with Crippen molar-refractivity contribution in [1.29, 1.82) is 0 Å². The zero-order valence-corrected chi connectivity index (χ0v) is 21.5. The van der Waals surface area contributed by atoms with Crippen molar-refractivity contribution < 1.29 is 24.3 Å². The summed E-state index contributed by atoms with van der Waals surface area (Å²) >= 11 is 0. The Labute approximate surface area is 226 Å². The molecule has 3 rings (SSSR count). The van der Waals surface area contributed by atoms with E-state index in [0.29, 0.717) is 24.9 Å². The van der Waals surface area contributed by atoms with Gasteiger partial charge in [-0.1, -0.05) is 48.5 Å². The largest absolute Gasteiger partial charge is 0.481 e. The van der Waals surface area contributed by atoms with Crippen LogP contribution in [0.2, 0.25) is 0 Å². The van der Waals surface area contributed by atoms with E-state index >= 15 is 0 Å². The highest BCUT2D eigenvalue weighted by atomic mass is 16.4. The Bertz CT molecular complexity index is 1290. The number of nitrogens with two attached hydrogens (primary N) is 2. The molecule has 206 valence electrons. The first-order valence-electron chi connectivity index (χ1n) is 12.7. The maximum atomic E-state index is 13.2. The summed E-state index contributed by atoms with van der Waals surface area (Å²) in [5.41, 5.74) is 13.9. The van der Waals surface area contributed by atoms with Gasteiger partial charge in [0.25, 0.3) is 0 Å². The van der Waals surface area contributed by atoms with E-state index < -0.39 is 42.3 Å². The number of nitrogens with zero attached hydrogens (tertiary/aromatic N) is 1. The number of aryl methyl sites for hydroxylation is 1. The lowest BCUT2D eigenvalue weighted by Gasteiger charge is -2.21. The molecule has 0 aliphatic heterocycles. The predicted octanol–water partition coefficient (Wildman–Crippen LogP) is 1.32. The summed E-state index contributed by atoms with van der Waals surface area (Å²) in [4.78, 5) is 52.9. The van der Waals surface area contributed by atoms with Gasteiger partial charge < -0.3 is 32.5 Å². The van der Waals surface area contributed by atoms with Gasteiger partial charge in [0, 0.05) is 11.9 Å². The molecule has 0 aliphatic carbocycles. The predicted molar refractivity (Wildman–Crippen MR) is 148 cm³/mol. The molecule has 0 unspecified atom stereocenters. The quantitative estimate of drug-likeness (QED) is 0.167. The summed E-state index contributed by atoms with van der Waals surface area (Å²) in [6.45, 7) is 0.181. The molecule has 8 N–H and O–H groups in total. The van der Waals surface area contributed by atoms with Crippen LogP contribution in [0.3, 0.4) is 0 Å². The fraction of sp³-hybridized carbons (Fsp3) is 0.321. The molecule has 3 amide bonds. The third-order valence-electron chi connectivity index (χ3n) is 6.11. The highest BCUT2D eigenvalue weighted by molar-refractivity contribution is 5.99. The molecule has 39 heavy (non-hydrogen) atoms. The second-order valence-electron chi connectivity index (χ2n) is 9.24. The zero-order valence-electron chi connectivity index (χ0n) is 21.5. The summed E-state index contributed by atoms with van der Waals surface area (Å²) in [5, 5.41) is 17.7. The Morgan fingerprint density at radius 3 is 2.33 bits per heavy atom. The van der Waals surface area contributed by atoms with Gasteiger partial charge >= 0.3 is 5.97 Å². The Morgan fingerprint density at radius 2 is 1.59 bits per heavy atom. The van der Waals surface area contributed by atoms with E-state index in [0.717, 1.165) is 16.5 Å². The second kappa shape index (κ2) is 14.6. The van der Waals surface area contributed by atoms with E-state index in [4.69, 9.17) is 16.6 Å².